The molecule has 0 saturated heterocycles. The second-order valence-corrected chi connectivity index (χ2v) is 4.15. The topological polar surface area (TPSA) is 29.0 Å². The fraction of sp³-hybridized carbons (Fsp3) is 0.667. The van der Waals surface area contributed by atoms with E-state index in [0.29, 0.717) is 4.47 Å². The number of hydrogen-bond donors (Lipinski definition) is 0. The Morgan fingerprint density at radius 3 is 2.64 bits per heavy atom. The summed E-state index contributed by atoms with van der Waals surface area (Å²) in [6.45, 7) is 0.992. The van der Waals surface area contributed by atoms with Crippen LogP contribution in [0.4, 0.5) is 0 Å². The molecule has 1 rings (SSSR count). The van der Waals surface area contributed by atoms with Crippen LogP contribution in [0.5, 0.6) is 0 Å². The first kappa shape index (κ1) is 8.90. The summed E-state index contributed by atoms with van der Waals surface area (Å²) in [6.07, 6.45) is 0.928. The van der Waals surface area contributed by atoms with Crippen molar-refractivity contribution < 1.29 is 0 Å². The van der Waals surface area contributed by atoms with Gasteiger partial charge in [-0.2, -0.15) is 0 Å². The molecule has 0 fully saturated rings. The molecule has 1 heterocycles. The largest absolute Gasteiger partial charge is 0.309 e. The van der Waals surface area contributed by atoms with Gasteiger partial charge in [-0.05, 0) is 25.7 Å². The standard InChI is InChI=1S/C6H10ClN3S/c1-10(2)4-3-5-8-9-6(7)11-5/h3-4H2,1-2H3. The minimum atomic E-state index is 0.527. The van der Waals surface area contributed by atoms with Crippen molar-refractivity contribution in [2.75, 3.05) is 20.6 Å². The maximum atomic E-state index is 5.61. The Morgan fingerprint density at radius 1 is 1.45 bits per heavy atom. The lowest BCUT2D eigenvalue weighted by Crippen LogP contribution is -2.14. The van der Waals surface area contributed by atoms with Gasteiger partial charge in [-0.25, -0.2) is 0 Å². The van der Waals surface area contributed by atoms with Crippen LogP contribution in [0.2, 0.25) is 4.47 Å². The van der Waals surface area contributed by atoms with Crippen molar-refractivity contribution in [3.05, 3.63) is 9.47 Å². The van der Waals surface area contributed by atoms with Gasteiger partial charge in [0, 0.05) is 13.0 Å². The number of likely N-dealkylation sites (N-methyl/N-ethyl adjacent to an activating group) is 1. The minimum absolute atomic E-state index is 0.527. The van der Waals surface area contributed by atoms with Crippen molar-refractivity contribution in [3.8, 4) is 0 Å². The third kappa shape index (κ3) is 3.14. The Morgan fingerprint density at radius 2 is 2.18 bits per heavy atom. The van der Waals surface area contributed by atoms with Gasteiger partial charge in [0.1, 0.15) is 5.01 Å². The molecule has 0 spiro atoms. The quantitative estimate of drug-likeness (QED) is 0.721. The molecule has 0 amide bonds. The second-order valence-electron chi connectivity index (χ2n) is 2.50. The average molecular weight is 192 g/mol. The highest BCUT2D eigenvalue weighted by molar-refractivity contribution is 7.15. The highest BCUT2D eigenvalue weighted by Gasteiger charge is 2.01. The average Bonchev–Trinajstić information content (AvgIpc) is 2.31. The molecule has 0 aliphatic carbocycles. The monoisotopic (exact) mass is 191 g/mol. The van der Waals surface area contributed by atoms with Crippen molar-refractivity contribution in [3.63, 3.8) is 0 Å². The Bertz CT molecular complexity index is 223. The summed E-state index contributed by atoms with van der Waals surface area (Å²) in [5.41, 5.74) is 0. The van der Waals surface area contributed by atoms with E-state index in [2.05, 4.69) is 15.1 Å². The van der Waals surface area contributed by atoms with Gasteiger partial charge in [-0.3, -0.25) is 0 Å². The lowest BCUT2D eigenvalue weighted by atomic mass is 10.4. The van der Waals surface area contributed by atoms with Crippen molar-refractivity contribution in [1.82, 2.24) is 15.1 Å². The molecule has 0 bridgehead atoms. The predicted molar refractivity (Wildman–Crippen MR) is 47.2 cm³/mol. The Labute approximate surface area is 75.0 Å². The number of rotatable bonds is 3. The second kappa shape index (κ2) is 3.99. The zero-order valence-corrected chi connectivity index (χ0v) is 8.11. The van der Waals surface area contributed by atoms with Crippen LogP contribution in [0.25, 0.3) is 0 Å². The molecule has 5 heteroatoms. The number of nitrogens with zero attached hydrogens (tertiary/aromatic N) is 3. The normalized spacial score (nSPS) is 10.9. The van der Waals surface area contributed by atoms with E-state index in [1.165, 1.54) is 11.3 Å². The van der Waals surface area contributed by atoms with Crippen LogP contribution in [0, 0.1) is 0 Å². The molecule has 62 valence electrons. The molecule has 0 aliphatic rings. The van der Waals surface area contributed by atoms with Crippen molar-refractivity contribution in [2.45, 2.75) is 6.42 Å². The Kier molecular flexibility index (Phi) is 3.23. The molecule has 0 atom stereocenters. The summed E-state index contributed by atoms with van der Waals surface area (Å²) in [5.74, 6) is 0. The molecule has 1 aromatic heterocycles. The Hall–Kier alpha value is -0.190. The van der Waals surface area contributed by atoms with Crippen LogP contribution in [0.3, 0.4) is 0 Å². The summed E-state index contributed by atoms with van der Waals surface area (Å²) in [6, 6.07) is 0. The van der Waals surface area contributed by atoms with Crippen LogP contribution < -0.4 is 0 Å². The number of hydrogen-bond acceptors (Lipinski definition) is 4. The van der Waals surface area contributed by atoms with E-state index in [0.717, 1.165) is 18.0 Å². The fourth-order valence-corrected chi connectivity index (χ4v) is 1.51. The highest BCUT2D eigenvalue weighted by Crippen LogP contribution is 2.14. The van der Waals surface area contributed by atoms with Crippen LogP contribution in [0.1, 0.15) is 5.01 Å². The van der Waals surface area contributed by atoms with E-state index in [1.807, 2.05) is 14.1 Å². The first-order chi connectivity index (χ1) is 5.18. The van der Waals surface area contributed by atoms with E-state index >= 15 is 0 Å². The maximum Gasteiger partial charge on any atom is 0.207 e. The van der Waals surface area contributed by atoms with Gasteiger partial charge in [0.2, 0.25) is 4.47 Å². The first-order valence-electron chi connectivity index (χ1n) is 3.31. The molecular weight excluding hydrogens is 182 g/mol. The van der Waals surface area contributed by atoms with E-state index in [9.17, 15) is 0 Å². The van der Waals surface area contributed by atoms with E-state index in [1.54, 1.807) is 0 Å². The number of halogens is 1. The van der Waals surface area contributed by atoms with E-state index in [4.69, 9.17) is 11.6 Å². The van der Waals surface area contributed by atoms with Gasteiger partial charge in [0.05, 0.1) is 0 Å². The van der Waals surface area contributed by atoms with Crippen molar-refractivity contribution in [2.24, 2.45) is 0 Å². The maximum absolute atomic E-state index is 5.61. The summed E-state index contributed by atoms with van der Waals surface area (Å²) in [7, 11) is 4.06. The van der Waals surface area contributed by atoms with Gasteiger partial charge < -0.3 is 4.90 Å². The molecule has 0 aliphatic heterocycles. The zero-order valence-electron chi connectivity index (χ0n) is 6.54. The van der Waals surface area contributed by atoms with E-state index in [-0.39, 0.29) is 0 Å². The first-order valence-corrected chi connectivity index (χ1v) is 4.50. The van der Waals surface area contributed by atoms with Gasteiger partial charge >= 0.3 is 0 Å². The molecule has 0 radical (unpaired) electrons. The van der Waals surface area contributed by atoms with Crippen LogP contribution in [-0.4, -0.2) is 35.7 Å². The fourth-order valence-electron chi connectivity index (χ4n) is 0.653. The summed E-state index contributed by atoms with van der Waals surface area (Å²) >= 11 is 7.05. The van der Waals surface area contributed by atoms with Gasteiger partial charge in [-0.1, -0.05) is 11.3 Å². The van der Waals surface area contributed by atoms with Crippen LogP contribution in [0.15, 0.2) is 0 Å². The molecule has 3 nitrogen and oxygen atoms in total. The lowest BCUT2D eigenvalue weighted by Gasteiger charge is -2.05. The van der Waals surface area contributed by atoms with Crippen molar-refractivity contribution in [1.29, 1.82) is 0 Å². The zero-order chi connectivity index (χ0) is 8.27. The molecule has 1 aromatic rings. The van der Waals surface area contributed by atoms with Crippen LogP contribution in [-0.2, 0) is 6.42 Å². The summed E-state index contributed by atoms with van der Waals surface area (Å²) in [4.78, 5) is 2.11. The van der Waals surface area contributed by atoms with Gasteiger partial charge in [-0.15, -0.1) is 10.2 Å². The molecule has 0 aromatic carbocycles. The molecule has 0 unspecified atom stereocenters. The summed E-state index contributed by atoms with van der Waals surface area (Å²) < 4.78 is 0.527. The summed E-state index contributed by atoms with van der Waals surface area (Å²) in [5, 5.41) is 8.61. The number of aromatic nitrogens is 2. The smallest absolute Gasteiger partial charge is 0.207 e. The van der Waals surface area contributed by atoms with E-state index < -0.39 is 0 Å². The highest BCUT2D eigenvalue weighted by atomic mass is 35.5. The van der Waals surface area contributed by atoms with Crippen molar-refractivity contribution >= 4 is 22.9 Å². The Balaban J connectivity index is 2.39. The molecule has 0 N–H and O–H groups in total. The lowest BCUT2D eigenvalue weighted by molar-refractivity contribution is 0.413. The van der Waals surface area contributed by atoms with Gasteiger partial charge in [0.15, 0.2) is 0 Å². The third-order valence-corrected chi connectivity index (χ3v) is 2.29. The molecule has 0 saturated carbocycles. The molecular formula is C6H10ClN3S. The molecule has 11 heavy (non-hydrogen) atoms. The third-order valence-electron chi connectivity index (χ3n) is 1.22. The van der Waals surface area contributed by atoms with Crippen LogP contribution >= 0.6 is 22.9 Å². The minimum Gasteiger partial charge on any atom is -0.309 e. The predicted octanol–water partition coefficient (Wildman–Crippen LogP) is 1.30. The SMILES string of the molecule is CN(C)CCc1nnc(Cl)s1. The van der Waals surface area contributed by atoms with Gasteiger partial charge in [0.25, 0.3) is 0 Å².